The highest BCUT2D eigenvalue weighted by atomic mass is 32.2. The van der Waals surface area contributed by atoms with Crippen molar-refractivity contribution in [3.05, 3.63) is 58.7 Å². The molecule has 1 atom stereocenters. The zero-order valence-corrected chi connectivity index (χ0v) is 15.8. The second kappa shape index (κ2) is 7.07. The molecule has 0 radical (unpaired) electrons. The van der Waals surface area contributed by atoms with Crippen molar-refractivity contribution in [1.82, 2.24) is 4.72 Å². The molecular formula is C18H23NO2S2. The number of hydrogen-bond donors (Lipinski definition) is 1. The molecule has 0 fully saturated rings. The van der Waals surface area contributed by atoms with Gasteiger partial charge < -0.3 is 0 Å². The van der Waals surface area contributed by atoms with Gasteiger partial charge in [0.1, 0.15) is 0 Å². The van der Waals surface area contributed by atoms with Crippen molar-refractivity contribution >= 4 is 21.8 Å². The van der Waals surface area contributed by atoms with Gasteiger partial charge in [-0.2, -0.15) is 0 Å². The van der Waals surface area contributed by atoms with Crippen LogP contribution in [0.25, 0.3) is 0 Å². The molecule has 0 saturated heterocycles. The summed E-state index contributed by atoms with van der Waals surface area (Å²) in [5.41, 5.74) is 3.58. The lowest BCUT2D eigenvalue weighted by atomic mass is 10.1. The first-order chi connectivity index (χ1) is 10.7. The van der Waals surface area contributed by atoms with Crippen molar-refractivity contribution in [3.63, 3.8) is 0 Å². The molecule has 0 heterocycles. The van der Waals surface area contributed by atoms with Gasteiger partial charge in [0.25, 0.3) is 0 Å². The molecule has 0 aliphatic heterocycles. The summed E-state index contributed by atoms with van der Waals surface area (Å²) in [4.78, 5) is 1.55. The van der Waals surface area contributed by atoms with Crippen molar-refractivity contribution in [2.45, 2.75) is 43.5 Å². The molecule has 23 heavy (non-hydrogen) atoms. The second-order valence-electron chi connectivity index (χ2n) is 5.84. The van der Waals surface area contributed by atoms with Gasteiger partial charge in [-0.1, -0.05) is 29.8 Å². The Morgan fingerprint density at radius 2 is 1.52 bits per heavy atom. The molecule has 5 heteroatoms. The fourth-order valence-electron chi connectivity index (χ4n) is 2.84. The van der Waals surface area contributed by atoms with Crippen LogP contribution in [-0.4, -0.2) is 14.7 Å². The van der Waals surface area contributed by atoms with Crippen LogP contribution in [0.2, 0.25) is 0 Å². The number of benzene rings is 2. The summed E-state index contributed by atoms with van der Waals surface area (Å²) in [6, 6.07) is 11.5. The molecule has 2 rings (SSSR count). The number of sulfonamides is 1. The van der Waals surface area contributed by atoms with Crippen LogP contribution in [-0.2, 0) is 10.0 Å². The van der Waals surface area contributed by atoms with Crippen LogP contribution in [0.15, 0.2) is 46.2 Å². The Labute approximate surface area is 143 Å². The van der Waals surface area contributed by atoms with Crippen molar-refractivity contribution < 1.29 is 8.42 Å². The van der Waals surface area contributed by atoms with Gasteiger partial charge in [-0.3, -0.25) is 0 Å². The smallest absolute Gasteiger partial charge is 0.207 e. The molecule has 0 bridgehead atoms. The highest BCUT2D eigenvalue weighted by Crippen LogP contribution is 2.25. The molecule has 0 saturated carbocycles. The highest BCUT2D eigenvalue weighted by Gasteiger charge is 2.22. The van der Waals surface area contributed by atoms with E-state index >= 15 is 0 Å². The molecule has 0 amide bonds. The van der Waals surface area contributed by atoms with Crippen molar-refractivity contribution in [3.8, 4) is 0 Å². The van der Waals surface area contributed by atoms with Crippen LogP contribution in [0, 0.1) is 20.8 Å². The molecular weight excluding hydrogens is 326 g/mol. The van der Waals surface area contributed by atoms with E-state index in [0.717, 1.165) is 27.1 Å². The van der Waals surface area contributed by atoms with Crippen molar-refractivity contribution in [2.24, 2.45) is 0 Å². The molecule has 1 unspecified atom stereocenters. The first kappa shape index (κ1) is 18.0. The number of aryl methyl sites for hydroxylation is 3. The van der Waals surface area contributed by atoms with Gasteiger partial charge in [0, 0.05) is 10.9 Å². The molecule has 0 aliphatic rings. The first-order valence-electron chi connectivity index (χ1n) is 7.48. The molecule has 2 aromatic carbocycles. The van der Waals surface area contributed by atoms with E-state index in [1.165, 1.54) is 0 Å². The predicted molar refractivity (Wildman–Crippen MR) is 97.6 cm³/mol. The lowest BCUT2D eigenvalue weighted by molar-refractivity contribution is 0.565. The SMILES string of the molecule is CSc1ccc(C(C)NS(=O)(=O)c2c(C)cc(C)cc2C)cc1. The van der Waals surface area contributed by atoms with E-state index < -0.39 is 10.0 Å². The summed E-state index contributed by atoms with van der Waals surface area (Å²) in [6.07, 6.45) is 2.02. The van der Waals surface area contributed by atoms with Crippen LogP contribution in [0.5, 0.6) is 0 Å². The fourth-order valence-corrected chi connectivity index (χ4v) is 4.94. The maximum absolute atomic E-state index is 12.8. The average molecular weight is 350 g/mol. The highest BCUT2D eigenvalue weighted by molar-refractivity contribution is 7.98. The third-order valence-electron chi connectivity index (χ3n) is 3.82. The third-order valence-corrected chi connectivity index (χ3v) is 6.41. The van der Waals surface area contributed by atoms with Crippen LogP contribution in [0.3, 0.4) is 0 Å². The van der Waals surface area contributed by atoms with Crippen LogP contribution >= 0.6 is 11.8 Å². The Kier molecular flexibility index (Phi) is 5.55. The Morgan fingerprint density at radius 3 is 2.00 bits per heavy atom. The lowest BCUT2D eigenvalue weighted by Crippen LogP contribution is -2.28. The number of thioether (sulfide) groups is 1. The Hall–Kier alpha value is -1.30. The van der Waals surface area contributed by atoms with Crippen LogP contribution in [0.4, 0.5) is 0 Å². The number of hydrogen-bond acceptors (Lipinski definition) is 3. The van der Waals surface area contributed by atoms with Gasteiger partial charge >= 0.3 is 0 Å². The van der Waals surface area contributed by atoms with Gasteiger partial charge in [-0.05, 0) is 62.8 Å². The summed E-state index contributed by atoms with van der Waals surface area (Å²) in [5, 5.41) is 0. The van der Waals surface area contributed by atoms with Gasteiger partial charge in [0.2, 0.25) is 10.0 Å². The molecule has 3 nitrogen and oxygen atoms in total. The maximum atomic E-state index is 12.8. The summed E-state index contributed by atoms with van der Waals surface area (Å²) in [7, 11) is -3.56. The standard InChI is InChI=1S/C18H23NO2S2/c1-12-10-13(2)18(14(3)11-12)23(20,21)19-15(4)16-6-8-17(22-5)9-7-16/h6-11,15,19H,1-5H3. The summed E-state index contributed by atoms with van der Waals surface area (Å²) < 4.78 is 28.3. The lowest BCUT2D eigenvalue weighted by Gasteiger charge is -2.18. The third kappa shape index (κ3) is 4.16. The normalized spacial score (nSPS) is 13.1. The van der Waals surface area contributed by atoms with Crippen LogP contribution < -0.4 is 4.72 Å². The quantitative estimate of drug-likeness (QED) is 0.815. The van der Waals surface area contributed by atoms with Gasteiger partial charge in [-0.15, -0.1) is 11.8 Å². The van der Waals surface area contributed by atoms with E-state index in [1.54, 1.807) is 11.8 Å². The van der Waals surface area contributed by atoms with E-state index in [-0.39, 0.29) is 6.04 Å². The Balaban J connectivity index is 2.30. The molecule has 0 aromatic heterocycles. The monoisotopic (exact) mass is 349 g/mol. The van der Waals surface area contributed by atoms with Crippen molar-refractivity contribution in [2.75, 3.05) is 6.26 Å². The van der Waals surface area contributed by atoms with Crippen molar-refractivity contribution in [1.29, 1.82) is 0 Å². The van der Waals surface area contributed by atoms with Gasteiger partial charge in [-0.25, -0.2) is 13.1 Å². The van der Waals surface area contributed by atoms with E-state index in [4.69, 9.17) is 0 Å². The predicted octanol–water partition coefficient (Wildman–Crippen LogP) is 4.37. The molecule has 0 spiro atoms. The molecule has 2 aromatic rings. The minimum Gasteiger partial charge on any atom is -0.207 e. The molecule has 0 aliphatic carbocycles. The first-order valence-corrected chi connectivity index (χ1v) is 10.2. The molecule has 1 N–H and O–H groups in total. The largest absolute Gasteiger partial charge is 0.241 e. The van der Waals surface area contributed by atoms with Gasteiger partial charge in [0.15, 0.2) is 0 Å². The number of rotatable bonds is 5. The average Bonchev–Trinajstić information content (AvgIpc) is 2.45. The van der Waals surface area contributed by atoms with E-state index in [0.29, 0.717) is 4.90 Å². The number of nitrogens with one attached hydrogen (secondary N) is 1. The zero-order valence-electron chi connectivity index (χ0n) is 14.2. The summed E-state index contributed by atoms with van der Waals surface area (Å²) in [6.45, 7) is 7.52. The molecule has 124 valence electrons. The van der Waals surface area contributed by atoms with E-state index in [1.807, 2.05) is 70.3 Å². The maximum Gasteiger partial charge on any atom is 0.241 e. The Bertz CT molecular complexity index is 773. The summed E-state index contributed by atoms with van der Waals surface area (Å²) in [5.74, 6) is 0. The second-order valence-corrected chi connectivity index (χ2v) is 8.37. The van der Waals surface area contributed by atoms with E-state index in [2.05, 4.69) is 4.72 Å². The zero-order chi connectivity index (χ0) is 17.2. The van der Waals surface area contributed by atoms with Crippen LogP contribution in [0.1, 0.15) is 35.2 Å². The topological polar surface area (TPSA) is 46.2 Å². The Morgan fingerprint density at radius 1 is 1.00 bits per heavy atom. The summed E-state index contributed by atoms with van der Waals surface area (Å²) >= 11 is 1.67. The van der Waals surface area contributed by atoms with E-state index in [9.17, 15) is 8.42 Å². The minimum absolute atomic E-state index is 0.281. The van der Waals surface area contributed by atoms with Gasteiger partial charge in [0.05, 0.1) is 4.90 Å². The fraction of sp³-hybridized carbons (Fsp3) is 0.333. The minimum atomic E-state index is -3.56.